The molecule has 0 fully saturated rings. The predicted molar refractivity (Wildman–Crippen MR) is 126 cm³/mol. The lowest BCUT2D eigenvalue weighted by molar-refractivity contribution is -0.115. The molecule has 5 rings (SSSR count). The first kappa shape index (κ1) is 21.4. The second kappa shape index (κ2) is 8.83. The number of amides is 1. The fourth-order valence-corrected chi connectivity index (χ4v) is 4.35. The highest BCUT2D eigenvalue weighted by Gasteiger charge is 2.18. The van der Waals surface area contributed by atoms with E-state index in [1.54, 1.807) is 41.5 Å². The Hall–Kier alpha value is -4.44. The maximum absolute atomic E-state index is 12.7. The summed E-state index contributed by atoms with van der Waals surface area (Å²) in [6.45, 7) is 0. The Morgan fingerprint density at radius 1 is 1.03 bits per heavy atom. The smallest absolute Gasteiger partial charge is 0.339 e. The largest absolute Gasteiger partial charge is 0.379 e. The number of anilines is 1. The minimum Gasteiger partial charge on any atom is -0.379 e. The summed E-state index contributed by atoms with van der Waals surface area (Å²) in [5.41, 5.74) is 2.74. The molecule has 170 valence electrons. The molecule has 0 saturated heterocycles. The van der Waals surface area contributed by atoms with E-state index >= 15 is 0 Å². The van der Waals surface area contributed by atoms with E-state index in [2.05, 4.69) is 20.3 Å². The van der Waals surface area contributed by atoms with Crippen molar-refractivity contribution in [3.8, 4) is 11.4 Å². The van der Waals surface area contributed by atoms with E-state index in [0.717, 1.165) is 11.3 Å². The van der Waals surface area contributed by atoms with Crippen LogP contribution in [0.1, 0.15) is 5.56 Å². The standard InChI is InChI=1S/C24H19N5O4S/c30-23(14-17-4-2-1-3-5-17)28-24-26-21-11-8-19(15-22(21)27-24)33-34(31,32)20-9-6-18(7-10-20)29-13-12-25-16-29/h1-13,15-16H,14H2,(H2,26,27,28,30). The number of aromatic nitrogens is 4. The van der Waals surface area contributed by atoms with E-state index in [1.165, 1.54) is 24.3 Å². The van der Waals surface area contributed by atoms with Crippen LogP contribution in [0.2, 0.25) is 0 Å². The number of nitrogens with one attached hydrogen (secondary N) is 2. The summed E-state index contributed by atoms with van der Waals surface area (Å²) in [5, 5.41) is 2.72. The van der Waals surface area contributed by atoms with Crippen molar-refractivity contribution in [1.29, 1.82) is 0 Å². The van der Waals surface area contributed by atoms with Crippen molar-refractivity contribution in [2.75, 3.05) is 5.32 Å². The Morgan fingerprint density at radius 2 is 1.82 bits per heavy atom. The molecule has 34 heavy (non-hydrogen) atoms. The van der Waals surface area contributed by atoms with Crippen LogP contribution in [0.5, 0.6) is 5.75 Å². The number of rotatable bonds is 7. The van der Waals surface area contributed by atoms with E-state index in [0.29, 0.717) is 11.0 Å². The van der Waals surface area contributed by atoms with Gasteiger partial charge in [-0.05, 0) is 42.0 Å². The lowest BCUT2D eigenvalue weighted by Gasteiger charge is -2.08. The normalized spacial score (nSPS) is 11.4. The van der Waals surface area contributed by atoms with Crippen LogP contribution in [-0.4, -0.2) is 33.8 Å². The molecule has 2 heterocycles. The van der Waals surface area contributed by atoms with Gasteiger partial charge in [-0.15, -0.1) is 0 Å². The van der Waals surface area contributed by atoms with Crippen LogP contribution >= 0.6 is 0 Å². The summed E-state index contributed by atoms with van der Waals surface area (Å²) >= 11 is 0. The van der Waals surface area contributed by atoms with Crippen LogP contribution in [0.4, 0.5) is 5.95 Å². The van der Waals surface area contributed by atoms with Crippen LogP contribution in [0, 0.1) is 0 Å². The highest BCUT2D eigenvalue weighted by molar-refractivity contribution is 7.87. The average Bonchev–Trinajstić information content (AvgIpc) is 3.49. The average molecular weight is 474 g/mol. The molecule has 0 aliphatic carbocycles. The number of aromatic amines is 1. The van der Waals surface area contributed by atoms with Gasteiger partial charge in [0.1, 0.15) is 10.6 Å². The number of carbonyl (C=O) groups excluding carboxylic acids is 1. The van der Waals surface area contributed by atoms with Crippen LogP contribution in [-0.2, 0) is 21.3 Å². The lowest BCUT2D eigenvalue weighted by atomic mass is 10.1. The first-order valence-electron chi connectivity index (χ1n) is 10.3. The molecule has 0 saturated carbocycles. The molecule has 10 heteroatoms. The van der Waals surface area contributed by atoms with E-state index in [1.807, 2.05) is 30.3 Å². The van der Waals surface area contributed by atoms with Gasteiger partial charge in [-0.25, -0.2) is 9.97 Å². The summed E-state index contributed by atoms with van der Waals surface area (Å²) < 4.78 is 32.5. The number of H-pyrrole nitrogens is 1. The highest BCUT2D eigenvalue weighted by atomic mass is 32.2. The van der Waals surface area contributed by atoms with Gasteiger partial charge >= 0.3 is 10.1 Å². The Bertz CT molecular complexity index is 1540. The molecular formula is C24H19N5O4S. The molecule has 0 radical (unpaired) electrons. The minimum absolute atomic E-state index is 0.0207. The summed E-state index contributed by atoms with van der Waals surface area (Å²) in [6.07, 6.45) is 5.23. The molecule has 0 unspecified atom stereocenters. The Morgan fingerprint density at radius 3 is 2.56 bits per heavy atom. The molecule has 0 atom stereocenters. The van der Waals surface area contributed by atoms with E-state index in [4.69, 9.17) is 4.18 Å². The number of fused-ring (bicyclic) bond motifs is 1. The fourth-order valence-electron chi connectivity index (χ4n) is 3.43. The third-order valence-electron chi connectivity index (χ3n) is 5.05. The van der Waals surface area contributed by atoms with Gasteiger partial charge in [0.05, 0.1) is 23.8 Å². The van der Waals surface area contributed by atoms with Crippen LogP contribution in [0.3, 0.4) is 0 Å². The summed E-state index contributed by atoms with van der Waals surface area (Å²) in [7, 11) is -4.05. The summed E-state index contributed by atoms with van der Waals surface area (Å²) in [6, 6.07) is 20.3. The minimum atomic E-state index is -4.05. The zero-order valence-electron chi connectivity index (χ0n) is 17.8. The van der Waals surface area contributed by atoms with Crippen LogP contribution < -0.4 is 9.50 Å². The van der Waals surface area contributed by atoms with Gasteiger partial charge in [-0.3, -0.25) is 10.1 Å². The van der Waals surface area contributed by atoms with Gasteiger partial charge in [-0.2, -0.15) is 8.42 Å². The third kappa shape index (κ3) is 4.66. The van der Waals surface area contributed by atoms with E-state index in [-0.39, 0.29) is 28.9 Å². The summed E-state index contributed by atoms with van der Waals surface area (Å²) in [5.74, 6) is 0.161. The van der Waals surface area contributed by atoms with Crippen molar-refractivity contribution < 1.29 is 17.4 Å². The van der Waals surface area contributed by atoms with Gasteiger partial charge in [0, 0.05) is 24.1 Å². The van der Waals surface area contributed by atoms with Crippen LogP contribution in [0.15, 0.2) is 96.4 Å². The van der Waals surface area contributed by atoms with Crippen LogP contribution in [0.25, 0.3) is 16.7 Å². The molecule has 0 aliphatic heterocycles. The number of benzene rings is 3. The molecule has 1 amide bonds. The van der Waals surface area contributed by atoms with E-state index in [9.17, 15) is 13.2 Å². The molecular weight excluding hydrogens is 454 g/mol. The Balaban J connectivity index is 1.30. The van der Waals surface area contributed by atoms with Gasteiger partial charge in [0.2, 0.25) is 11.9 Å². The molecule has 3 aromatic carbocycles. The van der Waals surface area contributed by atoms with Gasteiger partial charge in [0.15, 0.2) is 0 Å². The van der Waals surface area contributed by atoms with Crippen molar-refractivity contribution in [1.82, 2.24) is 19.5 Å². The second-order valence-electron chi connectivity index (χ2n) is 7.48. The maximum atomic E-state index is 12.7. The number of imidazole rings is 2. The van der Waals surface area contributed by atoms with Gasteiger partial charge in [-0.1, -0.05) is 30.3 Å². The number of hydrogen-bond donors (Lipinski definition) is 2. The third-order valence-corrected chi connectivity index (χ3v) is 6.32. The highest BCUT2D eigenvalue weighted by Crippen LogP contribution is 2.24. The Labute approximate surface area is 195 Å². The van der Waals surface area contributed by atoms with Crippen molar-refractivity contribution in [2.24, 2.45) is 0 Å². The number of carbonyl (C=O) groups is 1. The first-order valence-corrected chi connectivity index (χ1v) is 11.7. The second-order valence-corrected chi connectivity index (χ2v) is 9.02. The lowest BCUT2D eigenvalue weighted by Crippen LogP contribution is -2.15. The number of nitrogens with zero attached hydrogens (tertiary/aromatic N) is 3. The monoisotopic (exact) mass is 473 g/mol. The molecule has 2 aromatic heterocycles. The van der Waals surface area contributed by atoms with Crippen molar-refractivity contribution >= 4 is 33.0 Å². The zero-order chi connectivity index (χ0) is 23.5. The maximum Gasteiger partial charge on any atom is 0.339 e. The zero-order valence-corrected chi connectivity index (χ0v) is 18.6. The topological polar surface area (TPSA) is 119 Å². The molecule has 0 aliphatic rings. The quantitative estimate of drug-likeness (QED) is 0.348. The molecule has 5 aromatic rings. The summed E-state index contributed by atoms with van der Waals surface area (Å²) in [4.78, 5) is 23.6. The fraction of sp³-hybridized carbons (Fsp3) is 0.0417. The number of hydrogen-bond acceptors (Lipinski definition) is 6. The first-order chi connectivity index (χ1) is 16.5. The van der Waals surface area contributed by atoms with Gasteiger partial charge < -0.3 is 13.7 Å². The van der Waals surface area contributed by atoms with Gasteiger partial charge in [0.25, 0.3) is 0 Å². The molecule has 0 spiro atoms. The Kier molecular flexibility index (Phi) is 5.56. The van der Waals surface area contributed by atoms with Crippen molar-refractivity contribution in [3.63, 3.8) is 0 Å². The van der Waals surface area contributed by atoms with E-state index < -0.39 is 10.1 Å². The van der Waals surface area contributed by atoms with Crippen molar-refractivity contribution in [3.05, 3.63) is 97.1 Å². The van der Waals surface area contributed by atoms with Crippen molar-refractivity contribution in [2.45, 2.75) is 11.3 Å². The molecule has 9 nitrogen and oxygen atoms in total. The predicted octanol–water partition coefficient (Wildman–Crippen LogP) is 3.70. The molecule has 2 N–H and O–H groups in total. The molecule has 0 bridgehead atoms. The SMILES string of the molecule is O=C(Cc1ccccc1)Nc1nc2cc(OS(=O)(=O)c3ccc(-n4ccnc4)cc3)ccc2[nH]1.